The van der Waals surface area contributed by atoms with Gasteiger partial charge >= 0.3 is 0 Å². The number of methoxy groups -OCH3 is 1. The average molecular weight is 253 g/mol. The number of nitrogens with two attached hydrogens (primary N) is 1. The Morgan fingerprint density at radius 1 is 1.21 bits per heavy atom. The van der Waals surface area contributed by atoms with Gasteiger partial charge in [0, 0.05) is 12.1 Å². The molecular weight excluding hydrogens is 238 g/mol. The van der Waals surface area contributed by atoms with Crippen molar-refractivity contribution in [1.29, 1.82) is 0 Å². The predicted molar refractivity (Wildman–Crippen MR) is 76.3 cm³/mol. The highest BCUT2D eigenvalue weighted by Crippen LogP contribution is 2.18. The molecule has 0 bridgehead atoms. The Hall–Kier alpha value is -2.49. The first-order valence-corrected chi connectivity index (χ1v) is 6.11. The molecule has 0 aliphatic carbocycles. The summed E-state index contributed by atoms with van der Waals surface area (Å²) in [7, 11) is 1.67. The highest BCUT2D eigenvalue weighted by molar-refractivity contribution is 5.78. The fourth-order valence-electron chi connectivity index (χ4n) is 2.14. The highest BCUT2D eigenvalue weighted by Gasteiger charge is 2.04. The number of hydrogen-bond donors (Lipinski definition) is 2. The Kier molecular flexibility index (Phi) is 2.83. The first-order chi connectivity index (χ1) is 9.24. The molecule has 1 aromatic heterocycles. The zero-order valence-electron chi connectivity index (χ0n) is 10.7. The molecule has 0 radical (unpaired) electrons. The molecule has 3 N–H and O–H groups in total. The summed E-state index contributed by atoms with van der Waals surface area (Å²) in [6, 6.07) is 13.7. The van der Waals surface area contributed by atoms with Crippen molar-refractivity contribution in [3.05, 3.63) is 53.9 Å². The SMILES string of the molecule is COc1cccc(Cc2nc3ccc(N)cc3[nH]2)c1. The Labute approximate surface area is 111 Å². The minimum absolute atomic E-state index is 0.740. The second-order valence-corrected chi connectivity index (χ2v) is 4.49. The van der Waals surface area contributed by atoms with Crippen LogP contribution < -0.4 is 10.5 Å². The van der Waals surface area contributed by atoms with Gasteiger partial charge in [0.05, 0.1) is 18.1 Å². The topological polar surface area (TPSA) is 63.9 Å². The minimum atomic E-state index is 0.740. The molecule has 3 rings (SSSR count). The third-order valence-electron chi connectivity index (χ3n) is 3.06. The molecular formula is C15H15N3O. The third-order valence-corrected chi connectivity index (χ3v) is 3.06. The van der Waals surface area contributed by atoms with Gasteiger partial charge < -0.3 is 15.5 Å². The van der Waals surface area contributed by atoms with Crippen LogP contribution in [0.2, 0.25) is 0 Å². The molecule has 0 aliphatic heterocycles. The molecule has 96 valence electrons. The summed E-state index contributed by atoms with van der Waals surface area (Å²) < 4.78 is 5.22. The number of aromatic amines is 1. The van der Waals surface area contributed by atoms with Gasteiger partial charge in [-0.05, 0) is 35.9 Å². The average Bonchev–Trinajstić information content (AvgIpc) is 2.80. The lowest BCUT2D eigenvalue weighted by molar-refractivity contribution is 0.414. The number of nitrogens with zero attached hydrogens (tertiary/aromatic N) is 1. The molecule has 19 heavy (non-hydrogen) atoms. The van der Waals surface area contributed by atoms with Crippen LogP contribution in [0.4, 0.5) is 5.69 Å². The maximum absolute atomic E-state index is 5.76. The van der Waals surface area contributed by atoms with Crippen LogP contribution in [0.15, 0.2) is 42.5 Å². The molecule has 4 nitrogen and oxygen atoms in total. The number of rotatable bonds is 3. The summed E-state index contributed by atoms with van der Waals surface area (Å²) >= 11 is 0. The number of hydrogen-bond acceptors (Lipinski definition) is 3. The van der Waals surface area contributed by atoms with E-state index in [1.807, 2.05) is 36.4 Å². The third kappa shape index (κ3) is 2.38. The van der Waals surface area contributed by atoms with Crippen molar-refractivity contribution in [2.24, 2.45) is 0 Å². The Morgan fingerprint density at radius 2 is 2.11 bits per heavy atom. The van der Waals surface area contributed by atoms with Crippen molar-refractivity contribution in [2.75, 3.05) is 12.8 Å². The van der Waals surface area contributed by atoms with E-state index in [1.165, 1.54) is 0 Å². The van der Waals surface area contributed by atoms with Crippen molar-refractivity contribution < 1.29 is 4.74 Å². The molecule has 0 fully saturated rings. The number of fused-ring (bicyclic) bond motifs is 1. The fourth-order valence-corrected chi connectivity index (χ4v) is 2.14. The van der Waals surface area contributed by atoms with Crippen molar-refractivity contribution >= 4 is 16.7 Å². The van der Waals surface area contributed by atoms with Gasteiger partial charge in [0.1, 0.15) is 11.6 Å². The van der Waals surface area contributed by atoms with E-state index >= 15 is 0 Å². The molecule has 0 amide bonds. The van der Waals surface area contributed by atoms with Gasteiger partial charge in [-0.3, -0.25) is 0 Å². The predicted octanol–water partition coefficient (Wildman–Crippen LogP) is 2.74. The standard InChI is InChI=1S/C15H15N3O/c1-19-12-4-2-3-10(7-12)8-15-17-13-6-5-11(16)9-14(13)18-15/h2-7,9H,8,16H2,1H3,(H,17,18). The van der Waals surface area contributed by atoms with Crippen LogP contribution in [0.1, 0.15) is 11.4 Å². The molecule has 1 heterocycles. The molecule has 0 spiro atoms. The van der Waals surface area contributed by atoms with Crippen molar-refractivity contribution in [3.63, 3.8) is 0 Å². The smallest absolute Gasteiger partial charge is 0.119 e. The van der Waals surface area contributed by atoms with E-state index in [0.29, 0.717) is 0 Å². The molecule has 0 saturated heterocycles. The Bertz CT molecular complexity index is 718. The molecule has 0 saturated carbocycles. The van der Waals surface area contributed by atoms with Crippen LogP contribution in [-0.4, -0.2) is 17.1 Å². The van der Waals surface area contributed by atoms with E-state index in [0.717, 1.165) is 40.3 Å². The molecule has 0 aliphatic rings. The maximum atomic E-state index is 5.76. The van der Waals surface area contributed by atoms with Crippen molar-refractivity contribution in [1.82, 2.24) is 9.97 Å². The number of anilines is 1. The molecule has 0 atom stereocenters. The van der Waals surface area contributed by atoms with E-state index in [1.54, 1.807) is 7.11 Å². The van der Waals surface area contributed by atoms with Gasteiger partial charge in [-0.1, -0.05) is 12.1 Å². The quantitative estimate of drug-likeness (QED) is 0.705. The van der Waals surface area contributed by atoms with Crippen molar-refractivity contribution in [3.8, 4) is 5.75 Å². The number of nitrogen functional groups attached to an aromatic ring is 1. The second-order valence-electron chi connectivity index (χ2n) is 4.49. The van der Waals surface area contributed by atoms with Crippen molar-refractivity contribution in [2.45, 2.75) is 6.42 Å². The zero-order chi connectivity index (χ0) is 13.2. The highest BCUT2D eigenvalue weighted by atomic mass is 16.5. The molecule has 2 aromatic carbocycles. The van der Waals surface area contributed by atoms with Gasteiger partial charge in [-0.25, -0.2) is 4.98 Å². The van der Waals surface area contributed by atoms with Gasteiger partial charge in [0.25, 0.3) is 0 Å². The zero-order valence-corrected chi connectivity index (χ0v) is 10.7. The van der Waals surface area contributed by atoms with Gasteiger partial charge in [0.2, 0.25) is 0 Å². The normalized spacial score (nSPS) is 10.8. The Morgan fingerprint density at radius 3 is 2.95 bits per heavy atom. The first-order valence-electron chi connectivity index (χ1n) is 6.11. The number of benzene rings is 2. The summed E-state index contributed by atoms with van der Waals surface area (Å²) in [6.45, 7) is 0. The van der Waals surface area contributed by atoms with E-state index in [2.05, 4.69) is 16.0 Å². The van der Waals surface area contributed by atoms with Crippen LogP contribution in [0.5, 0.6) is 5.75 Å². The van der Waals surface area contributed by atoms with Gasteiger partial charge in [-0.2, -0.15) is 0 Å². The van der Waals surface area contributed by atoms with Crippen LogP contribution in [0.25, 0.3) is 11.0 Å². The van der Waals surface area contributed by atoms with E-state index < -0.39 is 0 Å². The van der Waals surface area contributed by atoms with E-state index in [-0.39, 0.29) is 0 Å². The van der Waals surface area contributed by atoms with Crippen LogP contribution in [-0.2, 0) is 6.42 Å². The summed E-state index contributed by atoms with van der Waals surface area (Å²) in [5.74, 6) is 1.78. The van der Waals surface area contributed by atoms with E-state index in [4.69, 9.17) is 10.5 Å². The summed E-state index contributed by atoms with van der Waals surface area (Å²) in [4.78, 5) is 7.84. The number of nitrogens with one attached hydrogen (secondary N) is 1. The summed E-state index contributed by atoms with van der Waals surface area (Å²) in [6.07, 6.45) is 0.742. The van der Waals surface area contributed by atoms with E-state index in [9.17, 15) is 0 Å². The fraction of sp³-hybridized carbons (Fsp3) is 0.133. The number of aromatic nitrogens is 2. The lowest BCUT2D eigenvalue weighted by Crippen LogP contribution is -1.91. The lowest BCUT2D eigenvalue weighted by Gasteiger charge is -2.02. The largest absolute Gasteiger partial charge is 0.497 e. The number of ether oxygens (including phenoxy) is 1. The summed E-state index contributed by atoms with van der Waals surface area (Å²) in [5, 5.41) is 0. The molecule has 0 unspecified atom stereocenters. The minimum Gasteiger partial charge on any atom is -0.497 e. The second kappa shape index (κ2) is 4.65. The number of imidazole rings is 1. The van der Waals surface area contributed by atoms with Crippen LogP contribution in [0.3, 0.4) is 0 Å². The monoisotopic (exact) mass is 253 g/mol. The van der Waals surface area contributed by atoms with Crippen LogP contribution in [0, 0.1) is 0 Å². The maximum Gasteiger partial charge on any atom is 0.119 e. The van der Waals surface area contributed by atoms with Gasteiger partial charge in [0.15, 0.2) is 0 Å². The Balaban J connectivity index is 1.92. The summed E-state index contributed by atoms with van der Waals surface area (Å²) in [5.41, 5.74) is 9.57. The first kappa shape index (κ1) is 11.6. The molecule has 3 aromatic rings. The number of H-pyrrole nitrogens is 1. The van der Waals surface area contributed by atoms with Gasteiger partial charge in [-0.15, -0.1) is 0 Å². The molecule has 4 heteroatoms. The van der Waals surface area contributed by atoms with Crippen LogP contribution >= 0.6 is 0 Å². The lowest BCUT2D eigenvalue weighted by atomic mass is 10.1.